The van der Waals surface area contributed by atoms with E-state index in [1.807, 2.05) is 0 Å². The Kier molecular flexibility index (Phi) is 6.32. The van der Waals surface area contributed by atoms with E-state index in [0.717, 1.165) is 0 Å². The molecule has 0 radical (unpaired) electrons. The molecule has 0 spiro atoms. The fraction of sp³-hybridized carbons (Fsp3) is 0.0500. The van der Waals surface area contributed by atoms with Crippen molar-refractivity contribution in [2.24, 2.45) is 0 Å². The van der Waals surface area contributed by atoms with Crippen molar-refractivity contribution in [1.29, 1.82) is 0 Å². The number of methoxy groups -OCH3 is 1. The lowest BCUT2D eigenvalue weighted by Crippen LogP contribution is -2.15. The average Bonchev–Trinajstić information content (AvgIpc) is 2.70. The lowest BCUT2D eigenvalue weighted by atomic mass is 10.2. The molecule has 3 aromatic carbocycles. The fourth-order valence-corrected chi connectivity index (χ4v) is 3.92. The van der Waals surface area contributed by atoms with E-state index in [-0.39, 0.29) is 26.2 Å². The van der Waals surface area contributed by atoms with Crippen LogP contribution in [0.1, 0.15) is 10.4 Å². The van der Waals surface area contributed by atoms with Gasteiger partial charge in [0.15, 0.2) is 0 Å². The van der Waals surface area contributed by atoms with Crippen molar-refractivity contribution in [1.82, 2.24) is 0 Å². The Morgan fingerprint density at radius 3 is 2.34 bits per heavy atom. The van der Waals surface area contributed by atoms with E-state index >= 15 is 0 Å². The number of rotatable bonds is 6. The minimum Gasteiger partial charge on any atom is -0.497 e. The van der Waals surface area contributed by atoms with E-state index in [1.165, 1.54) is 37.4 Å². The molecule has 0 atom stereocenters. The maximum Gasteiger partial charge on any atom is 0.261 e. The van der Waals surface area contributed by atoms with Crippen LogP contribution < -0.4 is 14.8 Å². The summed E-state index contributed by atoms with van der Waals surface area (Å²) in [6, 6.07) is 17.0. The van der Waals surface area contributed by atoms with Crippen molar-refractivity contribution in [2.75, 3.05) is 17.1 Å². The molecule has 0 aliphatic carbocycles. The first kappa shape index (κ1) is 21.0. The van der Waals surface area contributed by atoms with E-state index in [4.69, 9.17) is 27.9 Å². The molecular weight excluding hydrogens is 435 g/mol. The first-order valence-corrected chi connectivity index (χ1v) is 10.6. The fourth-order valence-electron chi connectivity index (χ4n) is 2.49. The van der Waals surface area contributed by atoms with Gasteiger partial charge in [-0.2, -0.15) is 0 Å². The van der Waals surface area contributed by atoms with Gasteiger partial charge >= 0.3 is 0 Å². The maximum absolute atomic E-state index is 12.6. The molecule has 150 valence electrons. The summed E-state index contributed by atoms with van der Waals surface area (Å²) in [4.78, 5) is 12.5. The number of anilines is 2. The monoisotopic (exact) mass is 450 g/mol. The van der Waals surface area contributed by atoms with Gasteiger partial charge in [-0.25, -0.2) is 8.42 Å². The molecule has 0 fully saturated rings. The van der Waals surface area contributed by atoms with Crippen molar-refractivity contribution in [3.8, 4) is 5.75 Å². The molecule has 29 heavy (non-hydrogen) atoms. The highest BCUT2D eigenvalue weighted by Crippen LogP contribution is 2.26. The van der Waals surface area contributed by atoms with E-state index in [9.17, 15) is 13.2 Å². The average molecular weight is 451 g/mol. The summed E-state index contributed by atoms with van der Waals surface area (Å²) in [6.45, 7) is 0. The van der Waals surface area contributed by atoms with E-state index in [0.29, 0.717) is 11.4 Å². The molecule has 0 unspecified atom stereocenters. The van der Waals surface area contributed by atoms with Crippen LogP contribution in [0.2, 0.25) is 10.0 Å². The molecule has 0 saturated carbocycles. The summed E-state index contributed by atoms with van der Waals surface area (Å²) in [6.07, 6.45) is 0. The highest BCUT2D eigenvalue weighted by molar-refractivity contribution is 7.92. The molecule has 0 heterocycles. The zero-order valence-corrected chi connectivity index (χ0v) is 17.5. The van der Waals surface area contributed by atoms with Gasteiger partial charge in [-0.15, -0.1) is 0 Å². The number of hydrogen-bond donors (Lipinski definition) is 2. The van der Waals surface area contributed by atoms with Crippen LogP contribution in [-0.2, 0) is 10.0 Å². The summed E-state index contributed by atoms with van der Waals surface area (Å²) in [5.41, 5.74) is 1.06. The third-order valence-corrected chi connectivity index (χ3v) is 6.02. The van der Waals surface area contributed by atoms with Crippen molar-refractivity contribution in [3.05, 3.63) is 82.3 Å². The van der Waals surface area contributed by atoms with E-state index < -0.39 is 15.9 Å². The number of hydrogen-bond acceptors (Lipinski definition) is 4. The topological polar surface area (TPSA) is 84.5 Å². The molecule has 0 aliphatic rings. The molecule has 2 N–H and O–H groups in total. The third kappa shape index (κ3) is 5.20. The standard InChI is InChI=1S/C20H16Cl2N2O4S/c1-28-16-7-3-5-14(11-16)23-20(25)13-4-2-6-15(10-13)24-29(26,27)17-8-9-18(21)19(22)12-17/h2-12,24H,1H3,(H,23,25). The second-order valence-corrected chi connectivity index (χ2v) is 8.45. The van der Waals surface area contributed by atoms with Gasteiger partial charge in [0.05, 0.1) is 22.1 Å². The first-order valence-electron chi connectivity index (χ1n) is 8.32. The van der Waals surface area contributed by atoms with Crippen LogP contribution in [0.15, 0.2) is 71.6 Å². The van der Waals surface area contributed by atoms with Gasteiger partial charge in [-0.3, -0.25) is 9.52 Å². The van der Waals surface area contributed by atoms with Crippen molar-refractivity contribution < 1.29 is 17.9 Å². The molecule has 0 bridgehead atoms. The summed E-state index contributed by atoms with van der Waals surface area (Å²) in [5.74, 6) is 0.208. The maximum atomic E-state index is 12.6. The molecule has 0 saturated heterocycles. The molecule has 1 amide bonds. The summed E-state index contributed by atoms with van der Waals surface area (Å²) in [7, 11) is -2.37. The third-order valence-electron chi connectivity index (χ3n) is 3.91. The Morgan fingerprint density at radius 1 is 0.897 bits per heavy atom. The van der Waals surface area contributed by atoms with Crippen molar-refractivity contribution in [3.63, 3.8) is 0 Å². The van der Waals surface area contributed by atoms with Crippen LogP contribution >= 0.6 is 23.2 Å². The lowest BCUT2D eigenvalue weighted by Gasteiger charge is -2.11. The van der Waals surface area contributed by atoms with Gasteiger partial charge in [-0.05, 0) is 48.5 Å². The second-order valence-electron chi connectivity index (χ2n) is 5.95. The number of carbonyl (C=O) groups excluding carboxylic acids is 1. The Hall–Kier alpha value is -2.74. The van der Waals surface area contributed by atoms with Crippen LogP contribution in [-0.4, -0.2) is 21.4 Å². The zero-order valence-electron chi connectivity index (χ0n) is 15.1. The number of nitrogens with one attached hydrogen (secondary N) is 2. The molecule has 9 heteroatoms. The number of sulfonamides is 1. The van der Waals surface area contributed by atoms with Gasteiger partial charge < -0.3 is 10.1 Å². The van der Waals surface area contributed by atoms with Gasteiger partial charge in [0, 0.05) is 23.0 Å². The first-order chi connectivity index (χ1) is 13.8. The van der Waals surface area contributed by atoms with Gasteiger partial charge in [0.1, 0.15) is 5.75 Å². The second kappa shape index (κ2) is 8.73. The molecule has 6 nitrogen and oxygen atoms in total. The van der Waals surface area contributed by atoms with Crippen LogP contribution in [0.25, 0.3) is 0 Å². The van der Waals surface area contributed by atoms with Crippen molar-refractivity contribution >= 4 is 50.5 Å². The number of benzene rings is 3. The normalized spacial score (nSPS) is 11.0. The summed E-state index contributed by atoms with van der Waals surface area (Å²) in [5, 5.41) is 3.12. The van der Waals surface area contributed by atoms with Crippen LogP contribution in [0.5, 0.6) is 5.75 Å². The van der Waals surface area contributed by atoms with Gasteiger partial charge in [0.25, 0.3) is 15.9 Å². The summed E-state index contributed by atoms with van der Waals surface area (Å²) >= 11 is 11.7. The number of carbonyl (C=O) groups is 1. The predicted molar refractivity (Wildman–Crippen MR) is 115 cm³/mol. The number of halogens is 2. The zero-order chi connectivity index (χ0) is 21.0. The van der Waals surface area contributed by atoms with Crippen molar-refractivity contribution in [2.45, 2.75) is 4.90 Å². The quantitative estimate of drug-likeness (QED) is 0.549. The minimum absolute atomic E-state index is 0.0434. The highest BCUT2D eigenvalue weighted by atomic mass is 35.5. The van der Waals surface area contributed by atoms with Gasteiger partial charge in [0.2, 0.25) is 0 Å². The lowest BCUT2D eigenvalue weighted by molar-refractivity contribution is 0.102. The number of ether oxygens (including phenoxy) is 1. The Bertz CT molecular complexity index is 1170. The molecule has 3 rings (SSSR count). The predicted octanol–water partition coefficient (Wildman–Crippen LogP) is 5.06. The van der Waals surface area contributed by atoms with Crippen LogP contribution in [0.3, 0.4) is 0 Å². The molecule has 3 aromatic rings. The van der Waals surface area contributed by atoms with Gasteiger partial charge in [-0.1, -0.05) is 35.3 Å². The highest BCUT2D eigenvalue weighted by Gasteiger charge is 2.17. The smallest absolute Gasteiger partial charge is 0.261 e. The Balaban J connectivity index is 1.79. The molecular formula is C20H16Cl2N2O4S. The largest absolute Gasteiger partial charge is 0.497 e. The number of amides is 1. The minimum atomic E-state index is -3.90. The SMILES string of the molecule is COc1cccc(NC(=O)c2cccc(NS(=O)(=O)c3ccc(Cl)c(Cl)c3)c2)c1. The molecule has 0 aromatic heterocycles. The van der Waals surface area contributed by atoms with Crippen LogP contribution in [0, 0.1) is 0 Å². The Labute approximate surface area is 178 Å². The van der Waals surface area contributed by atoms with Crippen LogP contribution in [0.4, 0.5) is 11.4 Å². The van der Waals surface area contributed by atoms with E-state index in [2.05, 4.69) is 10.0 Å². The summed E-state index contributed by atoms with van der Waals surface area (Å²) < 4.78 is 32.7. The Morgan fingerprint density at radius 2 is 1.62 bits per heavy atom. The molecule has 0 aliphatic heterocycles. The van der Waals surface area contributed by atoms with E-state index in [1.54, 1.807) is 36.4 Å².